The van der Waals surface area contributed by atoms with Crippen LogP contribution >= 0.6 is 0 Å². The van der Waals surface area contributed by atoms with Gasteiger partial charge in [0.1, 0.15) is 0 Å². The Kier molecular flexibility index (Phi) is 4.09. The number of rotatable bonds is 2. The van der Waals surface area contributed by atoms with Crippen LogP contribution in [0.3, 0.4) is 0 Å². The van der Waals surface area contributed by atoms with E-state index in [1.165, 1.54) is 0 Å². The Bertz CT molecular complexity index is 183. The smallest absolute Gasteiger partial charge is 0.0645 e. The maximum absolute atomic E-state index is 8.99. The van der Waals surface area contributed by atoms with Gasteiger partial charge in [-0.15, -0.1) is 5.92 Å². The first-order valence-electron chi connectivity index (χ1n) is 4.20. The van der Waals surface area contributed by atoms with Crippen molar-refractivity contribution < 1.29 is 9.84 Å². The van der Waals surface area contributed by atoms with Gasteiger partial charge >= 0.3 is 0 Å². The second-order valence-electron chi connectivity index (χ2n) is 2.81. The van der Waals surface area contributed by atoms with Crippen molar-refractivity contribution >= 4 is 0 Å². The molecule has 1 atom stereocenters. The highest BCUT2D eigenvalue weighted by atomic mass is 16.5. The first-order chi connectivity index (χ1) is 5.88. The van der Waals surface area contributed by atoms with E-state index in [1.54, 1.807) is 0 Å². The Balaban J connectivity index is 2.39. The van der Waals surface area contributed by atoms with Crippen LogP contribution in [0.15, 0.2) is 0 Å². The van der Waals surface area contributed by atoms with Crippen molar-refractivity contribution in [1.82, 2.24) is 4.90 Å². The number of nitrogens with zero attached hydrogens (tertiary/aromatic N) is 1. The predicted molar refractivity (Wildman–Crippen MR) is 46.7 cm³/mol. The van der Waals surface area contributed by atoms with Crippen molar-refractivity contribution in [1.29, 1.82) is 0 Å². The van der Waals surface area contributed by atoms with Gasteiger partial charge in [0, 0.05) is 6.54 Å². The summed E-state index contributed by atoms with van der Waals surface area (Å²) in [5.41, 5.74) is 0. The lowest BCUT2D eigenvalue weighted by atomic mass is 10.2. The van der Waals surface area contributed by atoms with Gasteiger partial charge in [0.05, 0.1) is 32.4 Å². The average molecular weight is 169 g/mol. The van der Waals surface area contributed by atoms with Gasteiger partial charge < -0.3 is 9.84 Å². The molecule has 3 heteroatoms. The first-order valence-corrected chi connectivity index (χ1v) is 4.20. The van der Waals surface area contributed by atoms with Gasteiger partial charge in [0.2, 0.25) is 0 Å². The summed E-state index contributed by atoms with van der Waals surface area (Å²) in [6.45, 7) is 4.98. The molecule has 12 heavy (non-hydrogen) atoms. The summed E-state index contributed by atoms with van der Waals surface area (Å²) in [4.78, 5) is 2.15. The van der Waals surface area contributed by atoms with E-state index in [4.69, 9.17) is 9.84 Å². The maximum Gasteiger partial charge on any atom is 0.0645 e. The lowest BCUT2D eigenvalue weighted by molar-refractivity contribution is -0.0210. The van der Waals surface area contributed by atoms with Crippen molar-refractivity contribution in [3.8, 4) is 11.8 Å². The molecule has 0 bridgehead atoms. The summed E-state index contributed by atoms with van der Waals surface area (Å²) < 4.78 is 5.23. The Morgan fingerprint density at radius 1 is 1.67 bits per heavy atom. The molecule has 68 valence electrons. The predicted octanol–water partition coefficient (Wildman–Crippen LogP) is -0.297. The van der Waals surface area contributed by atoms with E-state index in [1.807, 2.05) is 6.92 Å². The molecule has 0 aromatic heterocycles. The van der Waals surface area contributed by atoms with E-state index in [0.717, 1.165) is 19.7 Å². The highest BCUT2D eigenvalue weighted by Crippen LogP contribution is 2.04. The van der Waals surface area contributed by atoms with Crippen LogP contribution in [0.2, 0.25) is 0 Å². The molecule has 0 aliphatic carbocycles. The molecule has 1 rings (SSSR count). The van der Waals surface area contributed by atoms with Crippen molar-refractivity contribution in [3.63, 3.8) is 0 Å². The monoisotopic (exact) mass is 169 g/mol. The Morgan fingerprint density at radius 3 is 3.17 bits per heavy atom. The standard InChI is InChI=1S/C9H15NO2/c1-2-3-4-10-5-6-12-8-9(10)7-11/h9,11H,4-8H2,1H3. The fraction of sp³-hybridized carbons (Fsp3) is 0.778. The summed E-state index contributed by atoms with van der Waals surface area (Å²) in [7, 11) is 0. The number of morpholine rings is 1. The number of aliphatic hydroxyl groups excluding tert-OH is 1. The van der Waals surface area contributed by atoms with Crippen LogP contribution in [0.4, 0.5) is 0 Å². The minimum atomic E-state index is 0.139. The highest BCUT2D eigenvalue weighted by molar-refractivity contribution is 4.99. The van der Waals surface area contributed by atoms with E-state index in [2.05, 4.69) is 16.7 Å². The van der Waals surface area contributed by atoms with Crippen LogP contribution in [0.25, 0.3) is 0 Å². The van der Waals surface area contributed by atoms with E-state index < -0.39 is 0 Å². The molecule has 0 spiro atoms. The van der Waals surface area contributed by atoms with Crippen LogP contribution in [-0.2, 0) is 4.74 Å². The zero-order valence-electron chi connectivity index (χ0n) is 7.42. The molecule has 0 aromatic rings. The molecule has 1 heterocycles. The molecular weight excluding hydrogens is 154 g/mol. The van der Waals surface area contributed by atoms with Crippen molar-refractivity contribution in [3.05, 3.63) is 0 Å². The average Bonchev–Trinajstić information content (AvgIpc) is 2.15. The molecule has 0 amide bonds. The fourth-order valence-electron chi connectivity index (χ4n) is 1.25. The summed E-state index contributed by atoms with van der Waals surface area (Å²) in [5.74, 6) is 5.84. The third kappa shape index (κ3) is 2.49. The first kappa shape index (κ1) is 9.53. The molecule has 0 saturated carbocycles. The summed E-state index contributed by atoms with van der Waals surface area (Å²) in [6, 6.07) is 0.139. The number of hydrogen-bond donors (Lipinski definition) is 1. The Hall–Kier alpha value is -0.560. The second-order valence-corrected chi connectivity index (χ2v) is 2.81. The van der Waals surface area contributed by atoms with Gasteiger partial charge in [-0.25, -0.2) is 0 Å². The molecule has 1 aliphatic rings. The number of hydrogen-bond acceptors (Lipinski definition) is 3. The zero-order chi connectivity index (χ0) is 8.81. The van der Waals surface area contributed by atoms with Gasteiger partial charge in [-0.2, -0.15) is 0 Å². The number of ether oxygens (including phenoxy) is 1. The SMILES string of the molecule is CC#CCN1CCOCC1CO. The van der Waals surface area contributed by atoms with Crippen LogP contribution in [0.5, 0.6) is 0 Å². The van der Waals surface area contributed by atoms with Gasteiger partial charge in [-0.1, -0.05) is 5.92 Å². The molecular formula is C9H15NO2. The topological polar surface area (TPSA) is 32.7 Å². The van der Waals surface area contributed by atoms with Gasteiger partial charge in [-0.3, -0.25) is 4.90 Å². The quantitative estimate of drug-likeness (QED) is 0.576. The van der Waals surface area contributed by atoms with Crippen molar-refractivity contribution in [2.45, 2.75) is 13.0 Å². The van der Waals surface area contributed by atoms with Gasteiger partial charge in [0.15, 0.2) is 0 Å². The lowest BCUT2D eigenvalue weighted by Gasteiger charge is -2.32. The minimum Gasteiger partial charge on any atom is -0.395 e. The van der Waals surface area contributed by atoms with E-state index in [-0.39, 0.29) is 12.6 Å². The van der Waals surface area contributed by atoms with E-state index >= 15 is 0 Å². The second kappa shape index (κ2) is 5.15. The summed E-state index contributed by atoms with van der Waals surface area (Å²) >= 11 is 0. The van der Waals surface area contributed by atoms with Crippen molar-refractivity contribution in [2.24, 2.45) is 0 Å². The largest absolute Gasteiger partial charge is 0.395 e. The molecule has 1 N–H and O–H groups in total. The molecule has 1 saturated heterocycles. The Morgan fingerprint density at radius 2 is 2.50 bits per heavy atom. The third-order valence-electron chi connectivity index (χ3n) is 2.02. The van der Waals surface area contributed by atoms with Gasteiger partial charge in [-0.05, 0) is 6.92 Å². The van der Waals surface area contributed by atoms with Crippen LogP contribution in [0.1, 0.15) is 6.92 Å². The van der Waals surface area contributed by atoms with E-state index in [0.29, 0.717) is 6.61 Å². The van der Waals surface area contributed by atoms with Crippen LogP contribution < -0.4 is 0 Å². The molecule has 1 unspecified atom stereocenters. The third-order valence-corrected chi connectivity index (χ3v) is 2.02. The van der Waals surface area contributed by atoms with Crippen LogP contribution in [-0.4, -0.2) is 49.0 Å². The summed E-state index contributed by atoms with van der Waals surface area (Å²) in [5, 5.41) is 8.99. The molecule has 1 aliphatic heterocycles. The van der Waals surface area contributed by atoms with E-state index in [9.17, 15) is 0 Å². The lowest BCUT2D eigenvalue weighted by Crippen LogP contribution is -2.47. The van der Waals surface area contributed by atoms with Crippen molar-refractivity contribution in [2.75, 3.05) is 32.9 Å². The minimum absolute atomic E-state index is 0.139. The zero-order valence-corrected chi connectivity index (χ0v) is 7.42. The maximum atomic E-state index is 8.99. The normalized spacial score (nSPS) is 24.7. The highest BCUT2D eigenvalue weighted by Gasteiger charge is 2.20. The molecule has 1 fully saturated rings. The molecule has 3 nitrogen and oxygen atoms in total. The molecule has 0 radical (unpaired) electrons. The fourth-order valence-corrected chi connectivity index (χ4v) is 1.25. The van der Waals surface area contributed by atoms with Crippen LogP contribution in [0, 0.1) is 11.8 Å². The summed E-state index contributed by atoms with van der Waals surface area (Å²) in [6.07, 6.45) is 0. The number of aliphatic hydroxyl groups is 1. The van der Waals surface area contributed by atoms with Gasteiger partial charge in [0.25, 0.3) is 0 Å². The molecule has 0 aromatic carbocycles. The Labute approximate surface area is 73.3 Å².